The van der Waals surface area contributed by atoms with Gasteiger partial charge >= 0.3 is 0 Å². The molecule has 0 amide bonds. The molecule has 0 atom stereocenters. The van der Waals surface area contributed by atoms with Crippen molar-refractivity contribution in [2.75, 3.05) is 20.3 Å². The molecule has 0 unspecified atom stereocenters. The van der Waals surface area contributed by atoms with Gasteiger partial charge in [0.25, 0.3) is 0 Å². The Bertz CT molecular complexity index is 435. The maximum absolute atomic E-state index is 11.0. The van der Waals surface area contributed by atoms with E-state index in [9.17, 15) is 4.79 Å². The van der Waals surface area contributed by atoms with E-state index in [0.717, 1.165) is 51.0 Å². The van der Waals surface area contributed by atoms with Crippen molar-refractivity contribution in [1.82, 2.24) is 14.7 Å². The van der Waals surface area contributed by atoms with Gasteiger partial charge in [-0.05, 0) is 19.9 Å². The monoisotopic (exact) mass is 235 g/mol. The van der Waals surface area contributed by atoms with E-state index in [1.165, 1.54) is 5.69 Å². The number of ether oxygens (including phenoxy) is 1. The van der Waals surface area contributed by atoms with Crippen molar-refractivity contribution in [2.24, 2.45) is 0 Å². The summed E-state index contributed by atoms with van der Waals surface area (Å²) in [5.74, 6) is 0. The highest BCUT2D eigenvalue weighted by Crippen LogP contribution is 2.30. The molecule has 2 aliphatic rings. The summed E-state index contributed by atoms with van der Waals surface area (Å²) in [5, 5.41) is 4.47. The van der Waals surface area contributed by atoms with Gasteiger partial charge in [-0.15, -0.1) is 0 Å². The van der Waals surface area contributed by atoms with E-state index < -0.39 is 0 Å². The van der Waals surface area contributed by atoms with Crippen LogP contribution < -0.4 is 0 Å². The summed E-state index contributed by atoms with van der Waals surface area (Å²) < 4.78 is 7.45. The first-order valence-corrected chi connectivity index (χ1v) is 6.11. The summed E-state index contributed by atoms with van der Waals surface area (Å²) in [4.78, 5) is 13.3. The lowest BCUT2D eigenvalue weighted by atomic mass is 10.1. The number of aromatic nitrogens is 2. The molecule has 0 N–H and O–H groups in total. The number of aldehydes is 1. The first-order valence-electron chi connectivity index (χ1n) is 6.11. The number of fused-ring (bicyclic) bond motifs is 1. The average molecular weight is 235 g/mol. The van der Waals surface area contributed by atoms with Crippen LogP contribution in [0.2, 0.25) is 0 Å². The summed E-state index contributed by atoms with van der Waals surface area (Å²) >= 11 is 0. The van der Waals surface area contributed by atoms with E-state index in [0.29, 0.717) is 11.7 Å². The van der Waals surface area contributed by atoms with Gasteiger partial charge in [-0.3, -0.25) is 14.4 Å². The number of hydrogen-bond donors (Lipinski definition) is 0. The van der Waals surface area contributed by atoms with Crippen LogP contribution in [0.5, 0.6) is 0 Å². The van der Waals surface area contributed by atoms with Crippen molar-refractivity contribution in [1.29, 1.82) is 0 Å². The molecule has 1 saturated heterocycles. The van der Waals surface area contributed by atoms with E-state index in [4.69, 9.17) is 4.74 Å². The van der Waals surface area contributed by atoms with Crippen LogP contribution >= 0.6 is 0 Å². The fraction of sp³-hybridized carbons (Fsp3) is 0.667. The van der Waals surface area contributed by atoms with Crippen LogP contribution in [0.15, 0.2) is 0 Å². The molecule has 0 aliphatic carbocycles. The average Bonchev–Trinajstić information content (AvgIpc) is 2.87. The Balaban J connectivity index is 1.97. The molecule has 17 heavy (non-hydrogen) atoms. The third-order valence-corrected chi connectivity index (χ3v) is 3.65. The molecule has 0 bridgehead atoms. The van der Waals surface area contributed by atoms with Crippen molar-refractivity contribution in [2.45, 2.75) is 32.0 Å². The molecule has 2 aliphatic heterocycles. The third kappa shape index (κ3) is 1.79. The molecule has 0 radical (unpaired) electrons. The first-order chi connectivity index (χ1) is 8.29. The SMILES string of the molecule is CN1Cc2c(C=O)nn(C3CCOCC3)c2C1. The van der Waals surface area contributed by atoms with Gasteiger partial charge in [0.15, 0.2) is 6.29 Å². The molecule has 1 fully saturated rings. The first kappa shape index (κ1) is 10.9. The van der Waals surface area contributed by atoms with Gasteiger partial charge in [-0.1, -0.05) is 0 Å². The van der Waals surface area contributed by atoms with Gasteiger partial charge in [-0.2, -0.15) is 5.10 Å². The Labute approximate surface area is 100 Å². The number of hydrogen-bond acceptors (Lipinski definition) is 4. The standard InChI is InChI=1S/C12H17N3O2/c1-14-6-10-11(8-16)13-15(12(10)7-14)9-2-4-17-5-3-9/h8-9H,2-7H2,1H3. The lowest BCUT2D eigenvalue weighted by Gasteiger charge is -2.24. The maximum atomic E-state index is 11.0. The number of nitrogens with zero attached hydrogens (tertiary/aromatic N) is 3. The van der Waals surface area contributed by atoms with Gasteiger partial charge in [-0.25, -0.2) is 0 Å². The molecule has 5 heteroatoms. The second kappa shape index (κ2) is 4.23. The van der Waals surface area contributed by atoms with Crippen LogP contribution in [-0.2, 0) is 17.8 Å². The van der Waals surface area contributed by atoms with Crippen molar-refractivity contribution in [3.63, 3.8) is 0 Å². The molecule has 0 aromatic carbocycles. The molecule has 3 heterocycles. The summed E-state index contributed by atoms with van der Waals surface area (Å²) in [6, 6.07) is 0.401. The largest absolute Gasteiger partial charge is 0.381 e. The van der Waals surface area contributed by atoms with E-state index in [1.807, 2.05) is 0 Å². The fourth-order valence-electron chi connectivity index (χ4n) is 2.77. The third-order valence-electron chi connectivity index (χ3n) is 3.65. The van der Waals surface area contributed by atoms with Gasteiger partial charge in [0.05, 0.1) is 11.7 Å². The smallest absolute Gasteiger partial charge is 0.170 e. The zero-order valence-electron chi connectivity index (χ0n) is 10.1. The molecule has 92 valence electrons. The van der Waals surface area contributed by atoms with Crippen molar-refractivity contribution in [3.8, 4) is 0 Å². The Morgan fingerprint density at radius 3 is 2.82 bits per heavy atom. The van der Waals surface area contributed by atoms with Crippen molar-refractivity contribution in [3.05, 3.63) is 17.0 Å². The number of rotatable bonds is 2. The minimum atomic E-state index is 0.401. The Hall–Kier alpha value is -1.20. The normalized spacial score (nSPS) is 21.7. The second-order valence-corrected chi connectivity index (χ2v) is 4.89. The van der Waals surface area contributed by atoms with Gasteiger partial charge in [0, 0.05) is 31.9 Å². The summed E-state index contributed by atoms with van der Waals surface area (Å²) in [6.07, 6.45) is 2.88. The predicted octanol–water partition coefficient (Wildman–Crippen LogP) is 0.992. The summed E-state index contributed by atoms with van der Waals surface area (Å²) in [7, 11) is 2.07. The van der Waals surface area contributed by atoms with E-state index in [2.05, 4.69) is 21.7 Å². The number of carbonyl (C=O) groups is 1. The summed E-state index contributed by atoms with van der Waals surface area (Å²) in [6.45, 7) is 3.33. The molecule has 3 rings (SSSR count). The van der Waals surface area contributed by atoms with Crippen LogP contribution in [0.1, 0.15) is 40.6 Å². The van der Waals surface area contributed by atoms with E-state index >= 15 is 0 Å². The fourth-order valence-corrected chi connectivity index (χ4v) is 2.77. The molecule has 5 nitrogen and oxygen atoms in total. The highest BCUT2D eigenvalue weighted by molar-refractivity contribution is 5.75. The highest BCUT2D eigenvalue weighted by Gasteiger charge is 2.29. The van der Waals surface area contributed by atoms with Crippen molar-refractivity contribution >= 4 is 6.29 Å². The topological polar surface area (TPSA) is 47.4 Å². The molecule has 0 saturated carbocycles. The van der Waals surface area contributed by atoms with Crippen LogP contribution in [0.3, 0.4) is 0 Å². The predicted molar refractivity (Wildman–Crippen MR) is 61.9 cm³/mol. The van der Waals surface area contributed by atoms with Crippen molar-refractivity contribution < 1.29 is 9.53 Å². The van der Waals surface area contributed by atoms with Crippen LogP contribution in [0, 0.1) is 0 Å². The van der Waals surface area contributed by atoms with E-state index in [1.54, 1.807) is 0 Å². The minimum Gasteiger partial charge on any atom is -0.381 e. The molecule has 1 aromatic heterocycles. The molecular weight excluding hydrogens is 218 g/mol. The Morgan fingerprint density at radius 2 is 2.12 bits per heavy atom. The van der Waals surface area contributed by atoms with E-state index in [-0.39, 0.29) is 0 Å². The van der Waals surface area contributed by atoms with Crippen LogP contribution in [0.25, 0.3) is 0 Å². The Kier molecular flexibility index (Phi) is 2.72. The summed E-state index contributed by atoms with van der Waals surface area (Å²) in [5.41, 5.74) is 2.96. The number of carbonyl (C=O) groups excluding carboxylic acids is 1. The second-order valence-electron chi connectivity index (χ2n) is 4.89. The zero-order chi connectivity index (χ0) is 11.8. The quantitative estimate of drug-likeness (QED) is 0.717. The van der Waals surface area contributed by atoms with Gasteiger partial charge in [0.2, 0.25) is 0 Å². The maximum Gasteiger partial charge on any atom is 0.170 e. The lowest BCUT2D eigenvalue weighted by molar-refractivity contribution is 0.0649. The van der Waals surface area contributed by atoms with Crippen LogP contribution in [-0.4, -0.2) is 41.2 Å². The zero-order valence-corrected chi connectivity index (χ0v) is 10.1. The molecular formula is C12H17N3O2. The molecule has 1 aromatic rings. The lowest BCUT2D eigenvalue weighted by Crippen LogP contribution is -2.23. The van der Waals surface area contributed by atoms with Gasteiger partial charge < -0.3 is 4.74 Å². The van der Waals surface area contributed by atoms with Gasteiger partial charge in [0.1, 0.15) is 5.69 Å². The minimum absolute atomic E-state index is 0.401. The van der Waals surface area contributed by atoms with Crippen LogP contribution in [0.4, 0.5) is 0 Å². The highest BCUT2D eigenvalue weighted by atomic mass is 16.5. The Morgan fingerprint density at radius 1 is 1.35 bits per heavy atom. The molecule has 0 spiro atoms.